The molecule has 186 valence electrons. The molecule has 0 aliphatic carbocycles. The van der Waals surface area contributed by atoms with Gasteiger partial charge in [-0.25, -0.2) is 8.42 Å². The van der Waals surface area contributed by atoms with Gasteiger partial charge < -0.3 is 5.11 Å². The van der Waals surface area contributed by atoms with Crippen LogP contribution < -0.4 is 0 Å². The Morgan fingerprint density at radius 2 is 1.68 bits per heavy atom. The molecule has 9 heteroatoms. The van der Waals surface area contributed by atoms with Crippen molar-refractivity contribution in [2.75, 3.05) is 19.3 Å². The van der Waals surface area contributed by atoms with E-state index in [-0.39, 0.29) is 17.6 Å². The van der Waals surface area contributed by atoms with Crippen LogP contribution >= 0.6 is 0 Å². The molecule has 2 bridgehead atoms. The minimum Gasteiger partial charge on any atom is -0.376 e. The Hall–Kier alpha value is -1.94. The van der Waals surface area contributed by atoms with Crippen LogP contribution in [0.1, 0.15) is 43.4 Å². The van der Waals surface area contributed by atoms with Crippen LogP contribution in [0.4, 0.5) is 13.2 Å². The van der Waals surface area contributed by atoms with Crippen LogP contribution in [-0.4, -0.2) is 60.3 Å². The monoisotopic (exact) mass is 496 g/mol. The maximum absolute atomic E-state index is 13.1. The predicted octanol–water partition coefficient (Wildman–Crippen LogP) is 4.29. The highest BCUT2D eigenvalue weighted by Crippen LogP contribution is 2.39. The van der Waals surface area contributed by atoms with Gasteiger partial charge in [0.15, 0.2) is 5.60 Å². The van der Waals surface area contributed by atoms with Gasteiger partial charge in [-0.3, -0.25) is 4.90 Å². The third-order valence-corrected chi connectivity index (χ3v) is 8.56. The smallest absolute Gasteiger partial charge is 0.376 e. The van der Waals surface area contributed by atoms with Crippen molar-refractivity contribution >= 4 is 10.0 Å². The molecule has 34 heavy (non-hydrogen) atoms. The van der Waals surface area contributed by atoms with Gasteiger partial charge in [0.25, 0.3) is 0 Å². The standard InChI is InChI=1S/C25H31F3N2O3S/c1-4-18-13-17(14-29-15-22-11-10-21(29)16-30(22)34(3,32)33)5-12-23(18)19-6-8-20(9-7-19)24(2,31)25(26,27)28/h5-9,12-13,21-22,31H,4,10-11,14-16H2,1-3H3. The van der Waals surface area contributed by atoms with E-state index in [2.05, 4.69) is 11.0 Å². The van der Waals surface area contributed by atoms with E-state index in [1.807, 2.05) is 19.1 Å². The van der Waals surface area contributed by atoms with Crippen molar-refractivity contribution in [2.45, 2.75) is 63.5 Å². The Labute approximate surface area is 199 Å². The summed E-state index contributed by atoms with van der Waals surface area (Å²) < 4.78 is 65.2. The lowest BCUT2D eigenvalue weighted by atomic mass is 9.90. The number of alkyl halides is 3. The molecule has 0 radical (unpaired) electrons. The van der Waals surface area contributed by atoms with Gasteiger partial charge in [0.2, 0.25) is 10.0 Å². The van der Waals surface area contributed by atoms with Crippen molar-refractivity contribution in [3.8, 4) is 11.1 Å². The summed E-state index contributed by atoms with van der Waals surface area (Å²) in [5.41, 5.74) is 0.882. The number of aliphatic hydroxyl groups is 1. The van der Waals surface area contributed by atoms with Crippen LogP contribution in [0.2, 0.25) is 0 Å². The van der Waals surface area contributed by atoms with E-state index in [0.717, 1.165) is 61.5 Å². The number of piperidine rings is 2. The Balaban J connectivity index is 1.52. The molecule has 3 aliphatic rings. The largest absolute Gasteiger partial charge is 0.421 e. The molecule has 2 aromatic carbocycles. The van der Waals surface area contributed by atoms with Gasteiger partial charge in [0.05, 0.1) is 6.26 Å². The van der Waals surface area contributed by atoms with Crippen molar-refractivity contribution in [3.63, 3.8) is 0 Å². The first kappa shape index (κ1) is 25.2. The zero-order valence-electron chi connectivity index (χ0n) is 19.6. The number of hydrogen-bond donors (Lipinski definition) is 1. The van der Waals surface area contributed by atoms with Crippen molar-refractivity contribution in [3.05, 3.63) is 59.2 Å². The molecular formula is C25H31F3N2O3S. The highest BCUT2D eigenvalue weighted by Gasteiger charge is 2.51. The van der Waals surface area contributed by atoms with E-state index in [0.29, 0.717) is 6.54 Å². The van der Waals surface area contributed by atoms with Crippen LogP contribution in [-0.2, 0) is 28.6 Å². The summed E-state index contributed by atoms with van der Waals surface area (Å²) in [6.45, 7) is 4.80. The van der Waals surface area contributed by atoms with Crippen LogP contribution in [0.15, 0.2) is 42.5 Å². The van der Waals surface area contributed by atoms with E-state index >= 15 is 0 Å². The molecule has 3 saturated heterocycles. The van der Waals surface area contributed by atoms with Gasteiger partial charge in [-0.15, -0.1) is 0 Å². The van der Waals surface area contributed by atoms with Crippen molar-refractivity contribution in [2.24, 2.45) is 0 Å². The fraction of sp³-hybridized carbons (Fsp3) is 0.520. The molecule has 0 saturated carbocycles. The molecule has 3 fully saturated rings. The van der Waals surface area contributed by atoms with Gasteiger partial charge in [0.1, 0.15) is 0 Å². The fourth-order valence-electron chi connectivity index (χ4n) is 5.17. The number of fused-ring (bicyclic) bond motifs is 3. The first-order valence-corrected chi connectivity index (χ1v) is 13.4. The van der Waals surface area contributed by atoms with Gasteiger partial charge in [0, 0.05) is 31.7 Å². The normalized spacial score (nSPS) is 23.7. The Kier molecular flexibility index (Phi) is 6.61. The topological polar surface area (TPSA) is 60.9 Å². The quantitative estimate of drug-likeness (QED) is 0.648. The number of aryl methyl sites for hydroxylation is 1. The third-order valence-electron chi connectivity index (χ3n) is 7.26. The zero-order valence-corrected chi connectivity index (χ0v) is 20.5. The number of piperazine rings is 1. The van der Waals surface area contributed by atoms with Crippen molar-refractivity contribution in [1.29, 1.82) is 0 Å². The second-order valence-corrected chi connectivity index (χ2v) is 11.6. The second kappa shape index (κ2) is 8.93. The first-order valence-electron chi connectivity index (χ1n) is 11.5. The van der Waals surface area contributed by atoms with Crippen LogP contribution in [0.5, 0.6) is 0 Å². The lowest BCUT2D eigenvalue weighted by molar-refractivity contribution is -0.258. The number of sulfonamides is 1. The summed E-state index contributed by atoms with van der Waals surface area (Å²) >= 11 is 0. The molecule has 3 heterocycles. The molecule has 3 aliphatic heterocycles. The van der Waals surface area contributed by atoms with Gasteiger partial charge >= 0.3 is 6.18 Å². The number of rotatable bonds is 6. The van der Waals surface area contributed by atoms with E-state index in [4.69, 9.17) is 0 Å². The first-order chi connectivity index (χ1) is 15.8. The van der Waals surface area contributed by atoms with Gasteiger partial charge in [-0.1, -0.05) is 49.4 Å². The number of halogens is 3. The van der Waals surface area contributed by atoms with Crippen LogP contribution in [0.3, 0.4) is 0 Å². The highest BCUT2D eigenvalue weighted by atomic mass is 32.2. The lowest BCUT2D eigenvalue weighted by Gasteiger charge is -2.50. The number of benzene rings is 2. The van der Waals surface area contributed by atoms with E-state index in [1.165, 1.54) is 18.4 Å². The molecule has 0 amide bonds. The Morgan fingerprint density at radius 3 is 2.21 bits per heavy atom. The molecule has 0 aromatic heterocycles. The number of nitrogens with zero attached hydrogens (tertiary/aromatic N) is 2. The molecule has 3 unspecified atom stereocenters. The molecule has 5 nitrogen and oxygen atoms in total. The minimum absolute atomic E-state index is 0.0253. The summed E-state index contributed by atoms with van der Waals surface area (Å²) in [7, 11) is -3.19. The van der Waals surface area contributed by atoms with Crippen molar-refractivity contribution in [1.82, 2.24) is 9.21 Å². The summed E-state index contributed by atoms with van der Waals surface area (Å²) in [6, 6.07) is 12.3. The predicted molar refractivity (Wildman–Crippen MR) is 126 cm³/mol. The van der Waals surface area contributed by atoms with E-state index in [9.17, 15) is 26.7 Å². The molecule has 0 spiro atoms. The number of hydrogen-bond acceptors (Lipinski definition) is 4. The van der Waals surface area contributed by atoms with Crippen molar-refractivity contribution < 1.29 is 26.7 Å². The fourth-order valence-corrected chi connectivity index (χ4v) is 6.33. The van der Waals surface area contributed by atoms with Gasteiger partial charge in [-0.05, 0) is 54.0 Å². The maximum atomic E-state index is 13.1. The Morgan fingerprint density at radius 1 is 1.03 bits per heavy atom. The average Bonchev–Trinajstić information content (AvgIpc) is 2.78. The minimum atomic E-state index is -4.75. The van der Waals surface area contributed by atoms with Crippen LogP contribution in [0.25, 0.3) is 11.1 Å². The summed E-state index contributed by atoms with van der Waals surface area (Å²) in [5, 5.41) is 9.92. The van der Waals surface area contributed by atoms with E-state index < -0.39 is 21.8 Å². The summed E-state index contributed by atoms with van der Waals surface area (Å²) in [4.78, 5) is 2.36. The third kappa shape index (κ3) is 4.76. The lowest BCUT2D eigenvalue weighted by Crippen LogP contribution is -2.63. The second-order valence-electron chi connectivity index (χ2n) is 9.64. The molecular weight excluding hydrogens is 465 g/mol. The zero-order chi connectivity index (χ0) is 24.9. The molecule has 2 aromatic rings. The van der Waals surface area contributed by atoms with Gasteiger partial charge in [-0.2, -0.15) is 17.5 Å². The van der Waals surface area contributed by atoms with E-state index in [1.54, 1.807) is 16.4 Å². The Bertz CT molecular complexity index is 1150. The molecule has 3 atom stereocenters. The summed E-state index contributed by atoms with van der Waals surface area (Å²) in [6.07, 6.45) is -0.828. The SMILES string of the molecule is CCc1cc(CN2CC3CCC2CN3S(C)(=O)=O)ccc1-c1ccc(C(C)(O)C(F)(F)F)cc1. The average molecular weight is 497 g/mol. The maximum Gasteiger partial charge on any atom is 0.421 e. The molecule has 1 N–H and O–H groups in total. The highest BCUT2D eigenvalue weighted by molar-refractivity contribution is 7.88. The summed E-state index contributed by atoms with van der Waals surface area (Å²) in [5.74, 6) is 0. The molecule has 5 rings (SSSR count). The van der Waals surface area contributed by atoms with Crippen LogP contribution in [0, 0.1) is 0 Å².